The van der Waals surface area contributed by atoms with Crippen LogP contribution in [0, 0.1) is 17.2 Å². The standard InChI is InChI=1S/C33H30F3N3O6/c1-18-27(19(2)40)28(22-10-8-20(17-37)9-11-22)29(32(43)39(18)24-7-5-6-23(16-24)33(34,35)36)31(42)38-13-12-21-14-25(44-3)30(41)26(15-21)45-4/h5-11,14-16,28-29,41H,12-13H2,1-4H3,(H,38,42). The number of carbonyl (C=O) groups is 3. The van der Waals surface area contributed by atoms with Crippen LogP contribution in [0.1, 0.15) is 42.0 Å². The Balaban J connectivity index is 1.77. The Morgan fingerprint density at radius 1 is 1.04 bits per heavy atom. The van der Waals surface area contributed by atoms with E-state index in [2.05, 4.69) is 5.32 Å². The first-order chi connectivity index (χ1) is 21.3. The zero-order valence-corrected chi connectivity index (χ0v) is 24.9. The number of alkyl halides is 3. The van der Waals surface area contributed by atoms with Crippen molar-refractivity contribution >= 4 is 23.3 Å². The third-order valence-corrected chi connectivity index (χ3v) is 7.60. The van der Waals surface area contributed by atoms with Crippen molar-refractivity contribution in [3.8, 4) is 23.3 Å². The summed E-state index contributed by atoms with van der Waals surface area (Å²) < 4.78 is 51.1. The number of carbonyl (C=O) groups excluding carboxylic acids is 3. The normalized spacial score (nSPS) is 16.7. The minimum absolute atomic E-state index is 0.0153. The first kappa shape index (κ1) is 32.6. The monoisotopic (exact) mass is 621 g/mol. The molecule has 3 aromatic carbocycles. The maximum absolute atomic E-state index is 14.2. The molecule has 0 spiro atoms. The molecule has 9 nitrogen and oxygen atoms in total. The summed E-state index contributed by atoms with van der Waals surface area (Å²) in [7, 11) is 2.74. The number of phenolic OH excluding ortho intramolecular Hbond substituents is 1. The van der Waals surface area contributed by atoms with Crippen LogP contribution in [-0.2, 0) is 27.0 Å². The number of hydrogen-bond acceptors (Lipinski definition) is 7. The van der Waals surface area contributed by atoms with E-state index in [9.17, 15) is 37.9 Å². The van der Waals surface area contributed by atoms with Gasteiger partial charge < -0.3 is 19.9 Å². The largest absolute Gasteiger partial charge is 0.502 e. The smallest absolute Gasteiger partial charge is 0.416 e. The van der Waals surface area contributed by atoms with Crippen LogP contribution < -0.4 is 19.7 Å². The molecule has 3 aromatic rings. The number of anilines is 1. The number of ether oxygens (including phenoxy) is 2. The van der Waals surface area contributed by atoms with Gasteiger partial charge in [-0.2, -0.15) is 18.4 Å². The summed E-state index contributed by atoms with van der Waals surface area (Å²) in [5.41, 5.74) is 0.371. The number of allylic oxidation sites excluding steroid dienone is 2. The highest BCUT2D eigenvalue weighted by Crippen LogP contribution is 2.44. The molecule has 4 rings (SSSR count). The van der Waals surface area contributed by atoms with E-state index in [-0.39, 0.29) is 47.2 Å². The Labute approximate surface area is 257 Å². The number of rotatable bonds is 9. The number of phenols is 1. The Bertz CT molecular complexity index is 1680. The quantitative estimate of drug-likeness (QED) is 0.312. The predicted molar refractivity (Wildman–Crippen MR) is 158 cm³/mol. The second-order valence-corrected chi connectivity index (χ2v) is 10.4. The van der Waals surface area contributed by atoms with Crippen molar-refractivity contribution < 1.29 is 42.1 Å². The zero-order valence-electron chi connectivity index (χ0n) is 24.9. The van der Waals surface area contributed by atoms with Gasteiger partial charge in [0.1, 0.15) is 5.92 Å². The summed E-state index contributed by atoms with van der Waals surface area (Å²) in [6.07, 6.45) is -4.47. The van der Waals surface area contributed by atoms with Gasteiger partial charge in [-0.3, -0.25) is 19.3 Å². The lowest BCUT2D eigenvalue weighted by Gasteiger charge is -2.39. The van der Waals surface area contributed by atoms with Gasteiger partial charge >= 0.3 is 6.18 Å². The molecule has 0 saturated heterocycles. The molecule has 2 unspecified atom stereocenters. The molecule has 0 radical (unpaired) electrons. The molecule has 45 heavy (non-hydrogen) atoms. The number of methoxy groups -OCH3 is 2. The number of ketones is 1. The molecule has 2 atom stereocenters. The first-order valence-electron chi connectivity index (χ1n) is 13.8. The highest BCUT2D eigenvalue weighted by molar-refractivity contribution is 6.15. The molecule has 0 saturated carbocycles. The average molecular weight is 622 g/mol. The Morgan fingerprint density at radius 3 is 2.20 bits per heavy atom. The van der Waals surface area contributed by atoms with Gasteiger partial charge in [-0.05, 0) is 73.9 Å². The number of nitriles is 1. The molecule has 2 amide bonds. The summed E-state index contributed by atoms with van der Waals surface area (Å²) in [5, 5.41) is 22.2. The fourth-order valence-corrected chi connectivity index (χ4v) is 5.49. The average Bonchev–Trinajstić information content (AvgIpc) is 3.00. The maximum Gasteiger partial charge on any atom is 0.416 e. The van der Waals surface area contributed by atoms with E-state index in [1.54, 1.807) is 24.3 Å². The number of halogens is 3. The van der Waals surface area contributed by atoms with E-state index in [1.807, 2.05) is 6.07 Å². The lowest BCUT2D eigenvalue weighted by Crippen LogP contribution is -2.51. The summed E-state index contributed by atoms with van der Waals surface area (Å²) in [5.74, 6) is -4.57. The van der Waals surface area contributed by atoms with Crippen LogP contribution in [0.5, 0.6) is 17.2 Å². The van der Waals surface area contributed by atoms with Crippen LogP contribution >= 0.6 is 0 Å². The molecule has 0 bridgehead atoms. The van der Waals surface area contributed by atoms with Crippen molar-refractivity contribution in [3.63, 3.8) is 0 Å². The van der Waals surface area contributed by atoms with Crippen molar-refractivity contribution in [2.45, 2.75) is 32.4 Å². The van der Waals surface area contributed by atoms with Gasteiger partial charge in [0, 0.05) is 29.4 Å². The number of hydrogen-bond donors (Lipinski definition) is 2. The van der Waals surface area contributed by atoms with Gasteiger partial charge in [0.15, 0.2) is 17.3 Å². The van der Waals surface area contributed by atoms with Gasteiger partial charge in [-0.1, -0.05) is 18.2 Å². The highest BCUT2D eigenvalue weighted by atomic mass is 19.4. The van der Waals surface area contributed by atoms with Crippen LogP contribution in [0.25, 0.3) is 0 Å². The first-order valence-corrected chi connectivity index (χ1v) is 13.8. The Morgan fingerprint density at radius 2 is 1.67 bits per heavy atom. The molecular formula is C33H30F3N3O6. The zero-order chi connectivity index (χ0) is 33.1. The molecule has 1 aliphatic rings. The number of benzene rings is 3. The number of nitrogens with zero attached hydrogens (tertiary/aromatic N) is 2. The SMILES string of the molecule is COc1cc(CCNC(=O)C2C(=O)N(c3cccc(C(F)(F)F)c3)C(C)=C(C(C)=O)C2c2ccc(C#N)cc2)cc(OC)c1O. The molecule has 0 aromatic heterocycles. The molecule has 0 aliphatic carbocycles. The molecule has 12 heteroatoms. The van der Waals surface area contributed by atoms with Crippen molar-refractivity contribution in [2.24, 2.45) is 5.92 Å². The number of amides is 2. The fourth-order valence-electron chi connectivity index (χ4n) is 5.49. The number of nitrogens with one attached hydrogen (secondary N) is 1. The van der Waals surface area contributed by atoms with E-state index in [0.717, 1.165) is 23.1 Å². The van der Waals surface area contributed by atoms with Crippen LogP contribution in [-0.4, -0.2) is 43.5 Å². The second-order valence-electron chi connectivity index (χ2n) is 10.4. The molecule has 0 fully saturated rings. The molecule has 1 aliphatic heterocycles. The minimum Gasteiger partial charge on any atom is -0.502 e. The second kappa shape index (κ2) is 13.1. The minimum atomic E-state index is -4.70. The van der Waals surface area contributed by atoms with Gasteiger partial charge in [0.2, 0.25) is 17.6 Å². The van der Waals surface area contributed by atoms with Gasteiger partial charge in [0.05, 0.1) is 31.4 Å². The van der Waals surface area contributed by atoms with E-state index in [4.69, 9.17) is 9.47 Å². The Hall–Kier alpha value is -5.31. The van der Waals surface area contributed by atoms with E-state index in [1.165, 1.54) is 46.3 Å². The van der Waals surface area contributed by atoms with Crippen molar-refractivity contribution in [2.75, 3.05) is 25.7 Å². The summed E-state index contributed by atoms with van der Waals surface area (Å²) >= 11 is 0. The lowest BCUT2D eigenvalue weighted by atomic mass is 9.74. The van der Waals surface area contributed by atoms with E-state index < -0.39 is 41.2 Å². The van der Waals surface area contributed by atoms with Crippen molar-refractivity contribution in [1.29, 1.82) is 5.26 Å². The molecule has 1 heterocycles. The summed E-state index contributed by atoms with van der Waals surface area (Å²) in [4.78, 5) is 42.2. The molecule has 234 valence electrons. The number of aromatic hydroxyl groups is 1. The summed E-state index contributed by atoms with van der Waals surface area (Å²) in [6.45, 7) is 2.73. The third kappa shape index (κ3) is 6.62. The van der Waals surface area contributed by atoms with Crippen LogP contribution in [0.15, 0.2) is 71.9 Å². The lowest BCUT2D eigenvalue weighted by molar-refractivity contribution is -0.138. The topological polar surface area (TPSA) is 129 Å². The summed E-state index contributed by atoms with van der Waals surface area (Å²) in [6, 6.07) is 15.3. The maximum atomic E-state index is 14.2. The highest BCUT2D eigenvalue weighted by Gasteiger charge is 2.47. The van der Waals surface area contributed by atoms with E-state index >= 15 is 0 Å². The van der Waals surface area contributed by atoms with Gasteiger partial charge in [0.25, 0.3) is 0 Å². The predicted octanol–water partition coefficient (Wildman–Crippen LogP) is 5.27. The van der Waals surface area contributed by atoms with Crippen molar-refractivity contribution in [1.82, 2.24) is 5.32 Å². The van der Waals surface area contributed by atoms with Crippen LogP contribution in [0.4, 0.5) is 18.9 Å². The van der Waals surface area contributed by atoms with Crippen LogP contribution in [0.3, 0.4) is 0 Å². The van der Waals surface area contributed by atoms with E-state index in [0.29, 0.717) is 16.7 Å². The molecular weight excluding hydrogens is 591 g/mol. The molecule has 2 N–H and O–H groups in total. The van der Waals surface area contributed by atoms with Gasteiger partial charge in [-0.25, -0.2) is 0 Å². The fraction of sp³-hybridized carbons (Fsp3) is 0.273. The van der Waals surface area contributed by atoms with Crippen LogP contribution in [0.2, 0.25) is 0 Å². The Kier molecular flexibility index (Phi) is 9.51. The van der Waals surface area contributed by atoms with Crippen molar-refractivity contribution in [3.05, 3.63) is 94.2 Å². The van der Waals surface area contributed by atoms with Gasteiger partial charge in [-0.15, -0.1) is 0 Å². The third-order valence-electron chi connectivity index (χ3n) is 7.60. The number of Topliss-reactive ketones (excluding diaryl/α,β-unsaturated/α-hetero) is 1.